The first kappa shape index (κ1) is 22.5. The number of aromatic nitrogens is 3. The van der Waals surface area contributed by atoms with Gasteiger partial charge in [-0.3, -0.25) is 4.79 Å². The number of hydrogen-bond acceptors (Lipinski definition) is 3. The van der Waals surface area contributed by atoms with Crippen LogP contribution in [0.3, 0.4) is 0 Å². The topological polar surface area (TPSA) is 59.8 Å². The van der Waals surface area contributed by atoms with Crippen LogP contribution in [0, 0.1) is 6.92 Å². The predicted octanol–water partition coefficient (Wildman–Crippen LogP) is 6.77. The largest absolute Gasteiger partial charge is 0.322 e. The van der Waals surface area contributed by atoms with Crippen LogP contribution in [0.15, 0.2) is 85.1 Å². The zero-order valence-corrected chi connectivity index (χ0v) is 20.2. The highest BCUT2D eigenvalue weighted by molar-refractivity contribution is 6.13. The van der Waals surface area contributed by atoms with Crippen LogP contribution in [-0.2, 0) is 12.8 Å². The van der Waals surface area contributed by atoms with Gasteiger partial charge in [-0.2, -0.15) is 5.10 Å². The monoisotopic (exact) mass is 460 g/mol. The zero-order chi connectivity index (χ0) is 24.4. The van der Waals surface area contributed by atoms with Crippen LogP contribution in [0.4, 0.5) is 5.69 Å². The van der Waals surface area contributed by atoms with Crippen molar-refractivity contribution in [1.82, 2.24) is 14.8 Å². The van der Waals surface area contributed by atoms with Gasteiger partial charge < -0.3 is 5.32 Å². The Morgan fingerprint density at radius 3 is 2.23 bits per heavy atom. The molecule has 0 saturated heterocycles. The quantitative estimate of drug-likeness (QED) is 0.304. The van der Waals surface area contributed by atoms with Crippen LogP contribution in [0.2, 0.25) is 0 Å². The van der Waals surface area contributed by atoms with Gasteiger partial charge in [-0.25, -0.2) is 9.67 Å². The average molecular weight is 461 g/mol. The number of nitrogens with zero attached hydrogens (tertiary/aromatic N) is 3. The minimum Gasteiger partial charge on any atom is -0.322 e. The van der Waals surface area contributed by atoms with Crippen LogP contribution in [0.1, 0.15) is 41.0 Å². The molecule has 0 aliphatic heterocycles. The van der Waals surface area contributed by atoms with Crippen LogP contribution >= 0.6 is 0 Å². The second-order valence-electron chi connectivity index (χ2n) is 8.65. The van der Waals surface area contributed by atoms with E-state index in [1.807, 2.05) is 72.4 Å². The minimum atomic E-state index is -0.158. The second-order valence-corrected chi connectivity index (χ2v) is 8.65. The summed E-state index contributed by atoms with van der Waals surface area (Å²) in [4.78, 5) is 18.3. The summed E-state index contributed by atoms with van der Waals surface area (Å²) in [5, 5.41) is 8.50. The van der Waals surface area contributed by atoms with E-state index in [1.165, 1.54) is 11.1 Å². The van der Waals surface area contributed by atoms with Gasteiger partial charge in [0.15, 0.2) is 0 Å². The van der Waals surface area contributed by atoms with Gasteiger partial charge in [-0.15, -0.1) is 0 Å². The standard InChI is InChI=1S/C30H28N4O/c1-4-21-10-14-23(15-11-21)32-30(35)26-18-29(33-28-9-7-6-8-25(26)28)27-19-31-34(20(27)3)24-16-12-22(5-2)13-17-24/h6-19H,4-5H2,1-3H3,(H,32,35). The third-order valence-electron chi connectivity index (χ3n) is 6.46. The lowest BCUT2D eigenvalue weighted by molar-refractivity contribution is 0.102. The number of fused-ring (bicyclic) bond motifs is 1. The molecular weight excluding hydrogens is 432 g/mol. The lowest BCUT2D eigenvalue weighted by atomic mass is 10.0. The maximum absolute atomic E-state index is 13.4. The van der Waals surface area contributed by atoms with Crippen molar-refractivity contribution in [3.05, 3.63) is 107 Å². The molecule has 0 radical (unpaired) electrons. The fourth-order valence-corrected chi connectivity index (χ4v) is 4.32. The van der Waals surface area contributed by atoms with Crippen molar-refractivity contribution >= 4 is 22.5 Å². The number of hydrogen-bond donors (Lipinski definition) is 1. The van der Waals surface area contributed by atoms with Gasteiger partial charge in [0.05, 0.1) is 34.4 Å². The average Bonchev–Trinajstić information content (AvgIpc) is 3.29. The number of aryl methyl sites for hydroxylation is 2. The smallest absolute Gasteiger partial charge is 0.256 e. The molecule has 0 saturated carbocycles. The molecule has 3 aromatic carbocycles. The summed E-state index contributed by atoms with van der Waals surface area (Å²) >= 11 is 0. The number of carbonyl (C=O) groups is 1. The van der Waals surface area contributed by atoms with Gasteiger partial charge in [0.25, 0.3) is 5.91 Å². The summed E-state index contributed by atoms with van der Waals surface area (Å²) in [5.74, 6) is -0.158. The maximum Gasteiger partial charge on any atom is 0.256 e. The number of rotatable bonds is 6. The Balaban J connectivity index is 1.54. The highest BCUT2D eigenvalue weighted by atomic mass is 16.1. The maximum atomic E-state index is 13.4. The van der Waals surface area contributed by atoms with E-state index in [-0.39, 0.29) is 5.91 Å². The Labute approximate surface area is 205 Å². The summed E-state index contributed by atoms with van der Waals surface area (Å²) in [7, 11) is 0. The summed E-state index contributed by atoms with van der Waals surface area (Å²) in [6.07, 6.45) is 3.78. The molecule has 0 aliphatic rings. The third-order valence-corrected chi connectivity index (χ3v) is 6.46. The Bertz CT molecular complexity index is 1500. The van der Waals surface area contributed by atoms with Crippen LogP contribution < -0.4 is 5.32 Å². The molecule has 5 rings (SSSR count). The molecule has 0 unspecified atom stereocenters. The molecule has 35 heavy (non-hydrogen) atoms. The lowest BCUT2D eigenvalue weighted by Gasteiger charge is -2.11. The fourth-order valence-electron chi connectivity index (χ4n) is 4.32. The zero-order valence-electron chi connectivity index (χ0n) is 20.2. The predicted molar refractivity (Wildman–Crippen MR) is 142 cm³/mol. The Hall–Kier alpha value is -4.25. The van der Waals surface area contributed by atoms with Crippen molar-refractivity contribution in [2.24, 2.45) is 0 Å². The van der Waals surface area contributed by atoms with Crippen molar-refractivity contribution in [3.63, 3.8) is 0 Å². The van der Waals surface area contributed by atoms with Gasteiger partial charge >= 0.3 is 0 Å². The number of amides is 1. The van der Waals surface area contributed by atoms with E-state index < -0.39 is 0 Å². The van der Waals surface area contributed by atoms with E-state index in [1.54, 1.807) is 0 Å². The Morgan fingerprint density at radius 1 is 0.886 bits per heavy atom. The molecule has 5 nitrogen and oxygen atoms in total. The molecule has 1 N–H and O–H groups in total. The summed E-state index contributed by atoms with van der Waals surface area (Å²) < 4.78 is 1.92. The molecule has 0 aliphatic carbocycles. The molecular formula is C30H28N4O. The van der Waals surface area contributed by atoms with Gasteiger partial charge in [-0.1, -0.05) is 56.3 Å². The van der Waals surface area contributed by atoms with E-state index in [0.29, 0.717) is 5.56 Å². The van der Waals surface area contributed by atoms with Crippen LogP contribution in [-0.4, -0.2) is 20.7 Å². The van der Waals surface area contributed by atoms with Crippen molar-refractivity contribution in [2.75, 3.05) is 5.32 Å². The number of carbonyl (C=O) groups excluding carboxylic acids is 1. The molecule has 0 spiro atoms. The SMILES string of the molecule is CCc1ccc(NC(=O)c2cc(-c3cnn(-c4ccc(CC)cc4)c3C)nc3ccccc23)cc1. The molecule has 2 heterocycles. The highest BCUT2D eigenvalue weighted by Gasteiger charge is 2.17. The van der Waals surface area contributed by atoms with Gasteiger partial charge in [-0.05, 0) is 67.3 Å². The number of pyridine rings is 1. The molecule has 2 aromatic heterocycles. The minimum absolute atomic E-state index is 0.158. The number of nitrogens with one attached hydrogen (secondary N) is 1. The summed E-state index contributed by atoms with van der Waals surface area (Å²) in [5.41, 5.74) is 8.25. The van der Waals surface area contributed by atoms with E-state index in [2.05, 4.69) is 48.5 Å². The first-order chi connectivity index (χ1) is 17.1. The number of anilines is 1. The van der Waals surface area contributed by atoms with Crippen LogP contribution in [0.5, 0.6) is 0 Å². The fraction of sp³-hybridized carbons (Fsp3) is 0.167. The molecule has 1 amide bonds. The second kappa shape index (κ2) is 9.55. The number of para-hydroxylation sites is 1. The van der Waals surface area contributed by atoms with Crippen molar-refractivity contribution in [1.29, 1.82) is 0 Å². The van der Waals surface area contributed by atoms with Gasteiger partial charge in [0.1, 0.15) is 0 Å². The van der Waals surface area contributed by atoms with E-state index in [4.69, 9.17) is 4.98 Å². The van der Waals surface area contributed by atoms with Crippen molar-refractivity contribution < 1.29 is 4.79 Å². The van der Waals surface area contributed by atoms with Gasteiger partial charge in [0.2, 0.25) is 0 Å². The molecule has 0 fully saturated rings. The number of benzene rings is 3. The van der Waals surface area contributed by atoms with Crippen molar-refractivity contribution in [2.45, 2.75) is 33.6 Å². The third kappa shape index (κ3) is 4.45. The first-order valence-electron chi connectivity index (χ1n) is 12.0. The van der Waals surface area contributed by atoms with Crippen molar-refractivity contribution in [3.8, 4) is 16.9 Å². The Morgan fingerprint density at radius 2 is 1.54 bits per heavy atom. The molecule has 5 aromatic rings. The normalized spacial score (nSPS) is 11.1. The first-order valence-corrected chi connectivity index (χ1v) is 12.0. The molecule has 5 heteroatoms. The molecule has 0 bridgehead atoms. The molecule has 174 valence electrons. The summed E-state index contributed by atoms with van der Waals surface area (Å²) in [6.45, 7) is 6.29. The van der Waals surface area contributed by atoms with E-state index in [9.17, 15) is 4.79 Å². The Kier molecular flexibility index (Phi) is 6.15. The lowest BCUT2D eigenvalue weighted by Crippen LogP contribution is -2.13. The van der Waals surface area contributed by atoms with E-state index in [0.717, 1.165) is 52.1 Å². The van der Waals surface area contributed by atoms with E-state index >= 15 is 0 Å². The summed E-state index contributed by atoms with van der Waals surface area (Å²) in [6, 6.07) is 26.0. The van der Waals surface area contributed by atoms with Gasteiger partial charge in [0, 0.05) is 16.6 Å². The molecule has 0 atom stereocenters. The highest BCUT2D eigenvalue weighted by Crippen LogP contribution is 2.29. The van der Waals surface area contributed by atoms with Crippen LogP contribution in [0.25, 0.3) is 27.8 Å².